The van der Waals surface area contributed by atoms with Crippen LogP contribution < -0.4 is 11.1 Å². The minimum absolute atomic E-state index is 0.711. The van der Waals surface area contributed by atoms with Crippen molar-refractivity contribution in [2.45, 2.75) is 62.3 Å². The number of hydrogen-bond acceptors (Lipinski definition) is 3. The van der Waals surface area contributed by atoms with E-state index in [1.54, 1.807) is 0 Å². The molecule has 0 saturated heterocycles. The molecule has 0 aromatic rings. The summed E-state index contributed by atoms with van der Waals surface area (Å²) in [5.41, 5.74) is 5.85. The molecule has 16 heavy (non-hydrogen) atoms. The largest absolute Gasteiger partial charge is 0.330 e. The Morgan fingerprint density at radius 1 is 1.06 bits per heavy atom. The molecule has 2 saturated carbocycles. The smallest absolute Gasteiger partial charge is 0.0198 e. The molecular formula is C13H26N2S. The molecule has 0 aromatic carbocycles. The third-order valence-electron chi connectivity index (χ3n) is 4.40. The standard InChI is InChI=1S/C13H26N2S/c1-16-13-8-3-2-6-12(13)15-11-7-4-5-10(11)9-14/h10-13,15H,2-9,14H2,1H3. The SMILES string of the molecule is CSC1CCCCC1NC1CCCC1CN. The summed E-state index contributed by atoms with van der Waals surface area (Å²) in [5, 5.41) is 4.76. The van der Waals surface area contributed by atoms with E-state index in [0.717, 1.165) is 23.8 Å². The fraction of sp³-hybridized carbons (Fsp3) is 1.00. The first kappa shape index (κ1) is 12.7. The van der Waals surface area contributed by atoms with Crippen LogP contribution in [0.2, 0.25) is 0 Å². The van der Waals surface area contributed by atoms with E-state index in [-0.39, 0.29) is 0 Å². The van der Waals surface area contributed by atoms with Crippen LogP contribution in [-0.2, 0) is 0 Å². The molecule has 0 amide bonds. The van der Waals surface area contributed by atoms with E-state index in [1.807, 2.05) is 0 Å². The second-order valence-corrected chi connectivity index (χ2v) is 6.44. The second kappa shape index (κ2) is 6.27. The Bertz CT molecular complexity index is 210. The van der Waals surface area contributed by atoms with Crippen LogP contribution in [0.3, 0.4) is 0 Å². The third kappa shape index (κ3) is 2.93. The van der Waals surface area contributed by atoms with E-state index < -0.39 is 0 Å². The van der Waals surface area contributed by atoms with E-state index in [0.29, 0.717) is 6.04 Å². The van der Waals surface area contributed by atoms with Gasteiger partial charge in [0, 0.05) is 17.3 Å². The van der Waals surface area contributed by atoms with E-state index in [9.17, 15) is 0 Å². The summed E-state index contributed by atoms with van der Waals surface area (Å²) in [6, 6.07) is 1.46. The van der Waals surface area contributed by atoms with Crippen LogP contribution in [0.15, 0.2) is 0 Å². The summed E-state index contributed by atoms with van der Waals surface area (Å²) in [6.45, 7) is 0.869. The zero-order valence-corrected chi connectivity index (χ0v) is 11.3. The third-order valence-corrected chi connectivity index (χ3v) is 5.57. The topological polar surface area (TPSA) is 38.0 Å². The van der Waals surface area contributed by atoms with Gasteiger partial charge in [-0.2, -0.15) is 11.8 Å². The number of nitrogens with two attached hydrogens (primary N) is 1. The van der Waals surface area contributed by atoms with Crippen LogP contribution in [0.1, 0.15) is 44.9 Å². The highest BCUT2D eigenvalue weighted by Gasteiger charge is 2.31. The highest BCUT2D eigenvalue weighted by Crippen LogP contribution is 2.31. The highest BCUT2D eigenvalue weighted by molar-refractivity contribution is 7.99. The molecule has 0 aliphatic heterocycles. The van der Waals surface area contributed by atoms with Crippen LogP contribution in [0, 0.1) is 5.92 Å². The van der Waals surface area contributed by atoms with Gasteiger partial charge >= 0.3 is 0 Å². The average Bonchev–Trinajstić information content (AvgIpc) is 2.77. The number of thioether (sulfide) groups is 1. The summed E-state index contributed by atoms with van der Waals surface area (Å²) in [5.74, 6) is 0.740. The van der Waals surface area contributed by atoms with Crippen molar-refractivity contribution in [3.63, 3.8) is 0 Å². The lowest BCUT2D eigenvalue weighted by Crippen LogP contribution is -2.48. The van der Waals surface area contributed by atoms with E-state index in [4.69, 9.17) is 5.73 Å². The van der Waals surface area contributed by atoms with Crippen molar-refractivity contribution in [2.24, 2.45) is 11.7 Å². The van der Waals surface area contributed by atoms with Crippen molar-refractivity contribution in [1.82, 2.24) is 5.32 Å². The maximum Gasteiger partial charge on any atom is 0.0198 e. The van der Waals surface area contributed by atoms with Gasteiger partial charge in [0.05, 0.1) is 0 Å². The predicted molar refractivity (Wildman–Crippen MR) is 72.9 cm³/mol. The van der Waals surface area contributed by atoms with Gasteiger partial charge in [-0.3, -0.25) is 0 Å². The molecule has 2 fully saturated rings. The molecule has 3 heteroatoms. The highest BCUT2D eigenvalue weighted by atomic mass is 32.2. The quantitative estimate of drug-likeness (QED) is 0.795. The first-order valence-electron chi connectivity index (χ1n) is 6.84. The lowest BCUT2D eigenvalue weighted by molar-refractivity contribution is 0.309. The molecule has 3 N–H and O–H groups in total. The zero-order chi connectivity index (χ0) is 11.4. The molecule has 4 atom stereocenters. The van der Waals surface area contributed by atoms with Crippen molar-refractivity contribution >= 4 is 11.8 Å². The van der Waals surface area contributed by atoms with Crippen molar-refractivity contribution in [3.8, 4) is 0 Å². The van der Waals surface area contributed by atoms with Gasteiger partial charge in [-0.25, -0.2) is 0 Å². The number of nitrogens with one attached hydrogen (secondary N) is 1. The molecule has 0 bridgehead atoms. The first-order valence-corrected chi connectivity index (χ1v) is 8.13. The zero-order valence-electron chi connectivity index (χ0n) is 10.5. The lowest BCUT2D eigenvalue weighted by atomic mass is 9.93. The molecule has 94 valence electrons. The average molecular weight is 242 g/mol. The molecule has 2 nitrogen and oxygen atoms in total. The maximum atomic E-state index is 5.85. The minimum atomic E-state index is 0.711. The maximum absolute atomic E-state index is 5.85. The van der Waals surface area contributed by atoms with Gasteiger partial charge in [-0.15, -0.1) is 0 Å². The Morgan fingerprint density at radius 2 is 1.81 bits per heavy atom. The van der Waals surface area contributed by atoms with Gasteiger partial charge in [0.1, 0.15) is 0 Å². The number of hydrogen-bond donors (Lipinski definition) is 2. The molecule has 4 unspecified atom stereocenters. The van der Waals surface area contributed by atoms with E-state index in [1.165, 1.54) is 44.9 Å². The van der Waals surface area contributed by atoms with Gasteiger partial charge < -0.3 is 11.1 Å². The molecular weight excluding hydrogens is 216 g/mol. The van der Waals surface area contributed by atoms with Gasteiger partial charge in [-0.1, -0.05) is 19.3 Å². The van der Waals surface area contributed by atoms with Crippen LogP contribution in [0.5, 0.6) is 0 Å². The fourth-order valence-corrected chi connectivity index (χ4v) is 4.33. The summed E-state index contributed by atoms with van der Waals surface area (Å²) >= 11 is 2.05. The molecule has 0 heterocycles. The first-order chi connectivity index (χ1) is 7.85. The monoisotopic (exact) mass is 242 g/mol. The van der Waals surface area contributed by atoms with Crippen LogP contribution in [0.25, 0.3) is 0 Å². The normalized spacial score (nSPS) is 40.1. The summed E-state index contributed by atoms with van der Waals surface area (Å²) in [6.07, 6.45) is 11.9. The predicted octanol–water partition coefficient (Wildman–Crippen LogP) is 2.38. The van der Waals surface area contributed by atoms with Gasteiger partial charge in [-0.05, 0) is 44.4 Å². The molecule has 2 aliphatic rings. The Kier molecular flexibility index (Phi) is 4.98. The van der Waals surface area contributed by atoms with E-state index >= 15 is 0 Å². The molecule has 2 rings (SSSR count). The van der Waals surface area contributed by atoms with Crippen molar-refractivity contribution in [2.75, 3.05) is 12.8 Å². The fourth-order valence-electron chi connectivity index (χ4n) is 3.38. The summed E-state index contributed by atoms with van der Waals surface area (Å²) < 4.78 is 0. The van der Waals surface area contributed by atoms with Crippen LogP contribution in [-0.4, -0.2) is 30.1 Å². The van der Waals surface area contributed by atoms with Crippen molar-refractivity contribution in [1.29, 1.82) is 0 Å². The Morgan fingerprint density at radius 3 is 2.56 bits per heavy atom. The Balaban J connectivity index is 1.86. The molecule has 0 spiro atoms. The van der Waals surface area contributed by atoms with Gasteiger partial charge in [0.15, 0.2) is 0 Å². The lowest BCUT2D eigenvalue weighted by Gasteiger charge is -2.35. The molecule has 0 aromatic heterocycles. The Labute approximate surface area is 104 Å². The summed E-state index contributed by atoms with van der Waals surface area (Å²) in [7, 11) is 0. The van der Waals surface area contributed by atoms with Crippen molar-refractivity contribution in [3.05, 3.63) is 0 Å². The van der Waals surface area contributed by atoms with Crippen LogP contribution >= 0.6 is 11.8 Å². The molecule has 2 aliphatic carbocycles. The summed E-state index contributed by atoms with van der Waals surface area (Å²) in [4.78, 5) is 0. The Hall–Kier alpha value is 0.270. The van der Waals surface area contributed by atoms with E-state index in [2.05, 4.69) is 23.3 Å². The van der Waals surface area contributed by atoms with Gasteiger partial charge in [0.2, 0.25) is 0 Å². The van der Waals surface area contributed by atoms with Gasteiger partial charge in [0.25, 0.3) is 0 Å². The minimum Gasteiger partial charge on any atom is -0.330 e. The van der Waals surface area contributed by atoms with Crippen molar-refractivity contribution < 1.29 is 0 Å². The molecule has 0 radical (unpaired) electrons. The number of rotatable bonds is 4. The van der Waals surface area contributed by atoms with Crippen LogP contribution in [0.4, 0.5) is 0 Å². The second-order valence-electron chi connectivity index (χ2n) is 5.36.